The van der Waals surface area contributed by atoms with Crippen LogP contribution in [0.25, 0.3) is 0 Å². The fourth-order valence-corrected chi connectivity index (χ4v) is 3.71. The highest BCUT2D eigenvalue weighted by Crippen LogP contribution is 2.24. The first-order valence-electron chi connectivity index (χ1n) is 6.04. The number of piperidine rings is 1. The van der Waals surface area contributed by atoms with Crippen molar-refractivity contribution in [2.45, 2.75) is 30.2 Å². The first kappa shape index (κ1) is 14.5. The Kier molecular flexibility index (Phi) is 4.09. The molecular weight excluding hydrogens is 286 g/mol. The molecule has 2 rings (SSSR count). The fraction of sp³-hybridized carbons (Fsp3) is 0.455. The van der Waals surface area contributed by atoms with Crippen LogP contribution in [0.2, 0.25) is 0 Å². The Morgan fingerprint density at radius 3 is 2.70 bits per heavy atom. The second-order valence-corrected chi connectivity index (χ2v) is 6.31. The van der Waals surface area contributed by atoms with Crippen LogP contribution in [-0.2, 0) is 14.8 Å². The Balaban J connectivity index is 2.33. The van der Waals surface area contributed by atoms with Crippen molar-refractivity contribution in [1.82, 2.24) is 9.29 Å². The lowest BCUT2D eigenvalue weighted by atomic mass is 10.1. The molecule has 9 heteroatoms. The van der Waals surface area contributed by atoms with Crippen molar-refractivity contribution in [1.29, 1.82) is 0 Å². The minimum absolute atomic E-state index is 0.142. The summed E-state index contributed by atoms with van der Waals surface area (Å²) in [4.78, 5) is 24.1. The lowest BCUT2D eigenvalue weighted by molar-refractivity contribution is -0.389. The highest BCUT2D eigenvalue weighted by molar-refractivity contribution is 7.89. The van der Waals surface area contributed by atoms with Crippen molar-refractivity contribution in [3.05, 3.63) is 28.4 Å². The molecule has 0 N–H and O–H groups in total. The van der Waals surface area contributed by atoms with Gasteiger partial charge in [-0.15, -0.1) is 0 Å². The van der Waals surface area contributed by atoms with Crippen molar-refractivity contribution in [3.8, 4) is 0 Å². The molecule has 0 aliphatic carbocycles. The second-order valence-electron chi connectivity index (χ2n) is 4.42. The Morgan fingerprint density at radius 2 is 2.15 bits per heavy atom. The van der Waals surface area contributed by atoms with E-state index in [0.29, 0.717) is 19.1 Å². The average Bonchev–Trinajstić information content (AvgIpc) is 2.47. The number of hydrogen-bond donors (Lipinski definition) is 0. The van der Waals surface area contributed by atoms with E-state index in [4.69, 9.17) is 0 Å². The lowest BCUT2D eigenvalue weighted by Gasteiger charge is -2.30. The van der Waals surface area contributed by atoms with Gasteiger partial charge >= 0.3 is 5.82 Å². The molecule has 1 aromatic heterocycles. The second kappa shape index (κ2) is 5.63. The van der Waals surface area contributed by atoms with Gasteiger partial charge in [-0.3, -0.25) is 0 Å². The van der Waals surface area contributed by atoms with Crippen LogP contribution in [0.3, 0.4) is 0 Å². The normalized spacial score (nSPS) is 20.5. The van der Waals surface area contributed by atoms with E-state index in [1.165, 1.54) is 0 Å². The highest BCUT2D eigenvalue weighted by Gasteiger charge is 2.34. The molecular formula is C11H13N3O5S. The molecule has 1 aromatic rings. The molecule has 0 bridgehead atoms. The number of aldehydes is 1. The van der Waals surface area contributed by atoms with Crippen LogP contribution in [0.4, 0.5) is 5.82 Å². The maximum atomic E-state index is 12.4. The molecule has 0 spiro atoms. The van der Waals surface area contributed by atoms with Gasteiger partial charge in [0.25, 0.3) is 0 Å². The van der Waals surface area contributed by atoms with Crippen LogP contribution >= 0.6 is 0 Å². The molecule has 108 valence electrons. The van der Waals surface area contributed by atoms with Crippen LogP contribution in [0, 0.1) is 10.1 Å². The lowest BCUT2D eigenvalue weighted by Crippen LogP contribution is -2.44. The van der Waals surface area contributed by atoms with E-state index < -0.39 is 26.8 Å². The summed E-state index contributed by atoms with van der Waals surface area (Å²) in [7, 11) is -3.85. The summed E-state index contributed by atoms with van der Waals surface area (Å²) in [6, 6.07) is 1.49. The summed E-state index contributed by atoms with van der Waals surface area (Å²) in [6.07, 6.45) is 3.54. The molecule has 20 heavy (non-hydrogen) atoms. The molecule has 0 amide bonds. The van der Waals surface area contributed by atoms with E-state index in [9.17, 15) is 23.3 Å². The van der Waals surface area contributed by atoms with Gasteiger partial charge in [-0.05, 0) is 28.8 Å². The predicted octanol–water partition coefficient (Wildman–Crippen LogP) is 0.732. The number of carbonyl (C=O) groups is 1. The number of rotatable bonds is 4. The summed E-state index contributed by atoms with van der Waals surface area (Å²) < 4.78 is 25.9. The minimum Gasteiger partial charge on any atom is -0.358 e. The van der Waals surface area contributed by atoms with Crippen molar-refractivity contribution in [2.75, 3.05) is 6.54 Å². The summed E-state index contributed by atoms with van der Waals surface area (Å²) in [6.45, 7) is 0.267. The Labute approximate surface area is 115 Å². The molecule has 1 atom stereocenters. The van der Waals surface area contributed by atoms with Gasteiger partial charge in [-0.1, -0.05) is 6.42 Å². The van der Waals surface area contributed by atoms with Crippen molar-refractivity contribution < 1.29 is 18.1 Å². The van der Waals surface area contributed by atoms with Gasteiger partial charge in [-0.2, -0.15) is 4.31 Å². The molecule has 1 unspecified atom stereocenters. The summed E-state index contributed by atoms with van der Waals surface area (Å²) >= 11 is 0. The summed E-state index contributed by atoms with van der Waals surface area (Å²) in [5.41, 5.74) is 0. The van der Waals surface area contributed by atoms with Crippen molar-refractivity contribution in [2.24, 2.45) is 0 Å². The molecule has 1 aliphatic rings. The summed E-state index contributed by atoms with van der Waals surface area (Å²) in [5.74, 6) is -0.422. The van der Waals surface area contributed by atoms with Crippen LogP contribution in [0.5, 0.6) is 0 Å². The Morgan fingerprint density at radius 1 is 1.40 bits per heavy atom. The maximum Gasteiger partial charge on any atom is 0.363 e. The SMILES string of the molecule is O=CC1CCCCN1S(=O)(=O)c1ccc([N+](=O)[O-])nc1. The number of nitrogens with zero attached hydrogens (tertiary/aromatic N) is 3. The average molecular weight is 299 g/mol. The van der Waals surface area contributed by atoms with E-state index in [1.807, 2.05) is 0 Å². The number of aromatic nitrogens is 1. The Hall–Kier alpha value is -1.87. The smallest absolute Gasteiger partial charge is 0.358 e. The molecule has 8 nitrogen and oxygen atoms in total. The third-order valence-corrected chi connectivity index (χ3v) is 5.08. The van der Waals surface area contributed by atoms with Crippen LogP contribution in [0.1, 0.15) is 19.3 Å². The predicted molar refractivity (Wildman–Crippen MR) is 68.5 cm³/mol. The zero-order chi connectivity index (χ0) is 14.8. The van der Waals surface area contributed by atoms with E-state index >= 15 is 0 Å². The monoisotopic (exact) mass is 299 g/mol. The van der Waals surface area contributed by atoms with Gasteiger partial charge in [0, 0.05) is 12.6 Å². The molecule has 0 aromatic carbocycles. The van der Waals surface area contributed by atoms with Gasteiger partial charge in [0.05, 0.1) is 6.04 Å². The molecule has 1 saturated heterocycles. The maximum absolute atomic E-state index is 12.4. The van der Waals surface area contributed by atoms with E-state index in [2.05, 4.69) is 4.98 Å². The van der Waals surface area contributed by atoms with Crippen molar-refractivity contribution in [3.63, 3.8) is 0 Å². The number of carbonyl (C=O) groups excluding carboxylic acids is 1. The third-order valence-electron chi connectivity index (χ3n) is 3.17. The zero-order valence-electron chi connectivity index (χ0n) is 10.5. The first-order chi connectivity index (χ1) is 9.46. The standard InChI is InChI=1S/C11H13N3O5S/c15-8-9-3-1-2-6-13(9)20(18,19)10-4-5-11(12-7-10)14(16)17/h4-5,7-9H,1-3,6H2. The molecule has 1 aliphatic heterocycles. The first-order valence-corrected chi connectivity index (χ1v) is 7.48. The molecule has 1 fully saturated rings. The van der Waals surface area contributed by atoms with E-state index in [1.54, 1.807) is 0 Å². The van der Waals surface area contributed by atoms with Crippen molar-refractivity contribution >= 4 is 22.1 Å². The molecule has 0 saturated carbocycles. The number of pyridine rings is 1. The van der Waals surface area contributed by atoms with E-state index in [-0.39, 0.29) is 11.4 Å². The third kappa shape index (κ3) is 2.68. The zero-order valence-corrected chi connectivity index (χ0v) is 11.3. The fourth-order valence-electron chi connectivity index (χ4n) is 2.13. The number of nitro groups is 1. The summed E-state index contributed by atoms with van der Waals surface area (Å²) in [5, 5.41) is 10.5. The Bertz CT molecular complexity index is 613. The molecule has 2 heterocycles. The molecule has 0 radical (unpaired) electrons. The van der Waals surface area contributed by atoms with Gasteiger partial charge in [0.1, 0.15) is 11.2 Å². The van der Waals surface area contributed by atoms with E-state index in [0.717, 1.165) is 29.1 Å². The van der Waals surface area contributed by atoms with Gasteiger partial charge in [-0.25, -0.2) is 8.42 Å². The quantitative estimate of drug-likeness (QED) is 0.460. The topological polar surface area (TPSA) is 110 Å². The highest BCUT2D eigenvalue weighted by atomic mass is 32.2. The van der Waals surface area contributed by atoms with Gasteiger partial charge in [0.15, 0.2) is 6.20 Å². The van der Waals surface area contributed by atoms with Crippen LogP contribution < -0.4 is 0 Å². The van der Waals surface area contributed by atoms with Gasteiger partial charge < -0.3 is 14.9 Å². The van der Waals surface area contributed by atoms with Crippen LogP contribution in [0.15, 0.2) is 23.2 Å². The number of hydrogen-bond acceptors (Lipinski definition) is 6. The number of sulfonamides is 1. The largest absolute Gasteiger partial charge is 0.363 e. The van der Waals surface area contributed by atoms with Crippen LogP contribution in [-0.4, -0.2) is 41.5 Å². The van der Waals surface area contributed by atoms with Gasteiger partial charge in [0.2, 0.25) is 10.0 Å². The minimum atomic E-state index is -3.85.